The number of hydrogen-bond donors (Lipinski definition) is 1. The Balaban J connectivity index is 2.28. The molecule has 1 aliphatic rings. The predicted molar refractivity (Wildman–Crippen MR) is 57.9 cm³/mol. The van der Waals surface area contributed by atoms with Crippen molar-refractivity contribution in [2.45, 2.75) is 26.0 Å². The second-order valence-electron chi connectivity index (χ2n) is 3.53. The summed E-state index contributed by atoms with van der Waals surface area (Å²) in [6.45, 7) is 3.90. The molecule has 0 spiro atoms. The molecule has 0 bridgehead atoms. The van der Waals surface area contributed by atoms with Crippen molar-refractivity contribution in [2.24, 2.45) is 0 Å². The molecule has 0 fully saturated rings. The van der Waals surface area contributed by atoms with Crippen LogP contribution in [0.15, 0.2) is 18.2 Å². The molecule has 3 heteroatoms. The third kappa shape index (κ3) is 2.02. The fourth-order valence-electron chi connectivity index (χ4n) is 1.60. The first-order valence-corrected chi connectivity index (χ1v) is 5.33. The van der Waals surface area contributed by atoms with Gasteiger partial charge >= 0.3 is 0 Å². The highest BCUT2D eigenvalue weighted by molar-refractivity contribution is 6.30. The van der Waals surface area contributed by atoms with Crippen LogP contribution in [-0.4, -0.2) is 12.6 Å². The molecule has 1 aromatic carbocycles. The van der Waals surface area contributed by atoms with Crippen LogP contribution in [0.4, 0.5) is 0 Å². The van der Waals surface area contributed by atoms with E-state index in [1.54, 1.807) is 0 Å². The largest absolute Gasteiger partial charge is 0.489 e. The van der Waals surface area contributed by atoms with Crippen molar-refractivity contribution in [1.82, 2.24) is 5.32 Å². The van der Waals surface area contributed by atoms with E-state index in [2.05, 4.69) is 12.2 Å². The highest BCUT2D eigenvalue weighted by atomic mass is 35.5. The summed E-state index contributed by atoms with van der Waals surface area (Å²) in [7, 11) is 0. The molecule has 76 valence electrons. The zero-order valence-electron chi connectivity index (χ0n) is 8.22. The lowest BCUT2D eigenvalue weighted by molar-refractivity contribution is 0.202. The van der Waals surface area contributed by atoms with Crippen molar-refractivity contribution in [3.63, 3.8) is 0 Å². The van der Waals surface area contributed by atoms with Gasteiger partial charge in [-0.3, -0.25) is 0 Å². The molecule has 0 amide bonds. The van der Waals surface area contributed by atoms with Gasteiger partial charge in [0.1, 0.15) is 11.9 Å². The average Bonchev–Trinajstić information content (AvgIpc) is 2.38. The number of nitrogens with one attached hydrogen (secondary N) is 1. The van der Waals surface area contributed by atoms with E-state index in [0.29, 0.717) is 0 Å². The van der Waals surface area contributed by atoms with Crippen molar-refractivity contribution in [3.05, 3.63) is 28.8 Å². The Labute approximate surface area is 89.2 Å². The van der Waals surface area contributed by atoms with Crippen molar-refractivity contribution >= 4 is 11.6 Å². The van der Waals surface area contributed by atoms with Crippen LogP contribution in [-0.2, 0) is 6.54 Å². The number of rotatable bonds is 1. The lowest BCUT2D eigenvalue weighted by atomic mass is 10.2. The fraction of sp³-hybridized carbons (Fsp3) is 0.455. The standard InChI is InChI=1S/C11H14ClNO/c1-2-10-7-13-6-8-3-4-9(12)5-11(8)14-10/h3-5,10,13H,2,6-7H2,1H3. The van der Waals surface area contributed by atoms with Gasteiger partial charge in [-0.1, -0.05) is 24.6 Å². The Morgan fingerprint density at radius 1 is 1.57 bits per heavy atom. The van der Waals surface area contributed by atoms with Crippen LogP contribution in [0.5, 0.6) is 5.75 Å². The summed E-state index contributed by atoms with van der Waals surface area (Å²) in [5, 5.41) is 4.09. The molecule has 0 saturated heterocycles. The quantitative estimate of drug-likeness (QED) is 0.771. The van der Waals surface area contributed by atoms with Crippen LogP contribution in [0.1, 0.15) is 18.9 Å². The minimum Gasteiger partial charge on any atom is -0.489 e. The molecular weight excluding hydrogens is 198 g/mol. The van der Waals surface area contributed by atoms with Gasteiger partial charge in [-0.25, -0.2) is 0 Å². The third-order valence-corrected chi connectivity index (χ3v) is 2.70. The molecule has 1 N–H and O–H groups in total. The maximum Gasteiger partial charge on any atom is 0.125 e. The molecule has 0 aliphatic carbocycles. The number of benzene rings is 1. The van der Waals surface area contributed by atoms with Gasteiger partial charge < -0.3 is 10.1 Å². The first-order chi connectivity index (χ1) is 6.79. The maximum atomic E-state index is 5.92. The minimum atomic E-state index is 0.259. The molecule has 1 aromatic rings. The fourth-order valence-corrected chi connectivity index (χ4v) is 1.76. The molecule has 2 nitrogen and oxygen atoms in total. The maximum absolute atomic E-state index is 5.92. The van der Waals surface area contributed by atoms with Gasteiger partial charge in [-0.2, -0.15) is 0 Å². The van der Waals surface area contributed by atoms with Crippen LogP contribution < -0.4 is 10.1 Å². The molecule has 0 radical (unpaired) electrons. The molecule has 0 aromatic heterocycles. The number of hydrogen-bond acceptors (Lipinski definition) is 2. The van der Waals surface area contributed by atoms with Crippen molar-refractivity contribution in [2.75, 3.05) is 6.54 Å². The average molecular weight is 212 g/mol. The van der Waals surface area contributed by atoms with Crippen LogP contribution in [0.2, 0.25) is 5.02 Å². The monoisotopic (exact) mass is 211 g/mol. The topological polar surface area (TPSA) is 21.3 Å². The summed E-state index contributed by atoms with van der Waals surface area (Å²) >= 11 is 5.92. The Hall–Kier alpha value is -0.730. The normalized spacial score (nSPS) is 20.9. The zero-order chi connectivity index (χ0) is 9.97. The van der Waals surface area contributed by atoms with Crippen molar-refractivity contribution < 1.29 is 4.74 Å². The Morgan fingerprint density at radius 2 is 2.43 bits per heavy atom. The van der Waals surface area contributed by atoms with Crippen molar-refractivity contribution in [3.8, 4) is 5.75 Å². The Bertz CT molecular complexity index is 327. The smallest absolute Gasteiger partial charge is 0.125 e. The second kappa shape index (κ2) is 4.20. The van der Waals surface area contributed by atoms with E-state index in [-0.39, 0.29) is 6.10 Å². The Morgan fingerprint density at radius 3 is 3.21 bits per heavy atom. The van der Waals surface area contributed by atoms with E-state index in [9.17, 15) is 0 Å². The van der Waals surface area contributed by atoms with E-state index in [1.807, 2.05) is 18.2 Å². The number of halogens is 1. The van der Waals surface area contributed by atoms with Crippen LogP contribution >= 0.6 is 11.6 Å². The summed E-state index contributed by atoms with van der Waals surface area (Å²) in [5.41, 5.74) is 1.19. The molecule has 1 aliphatic heterocycles. The van der Waals surface area contributed by atoms with E-state index >= 15 is 0 Å². The SMILES string of the molecule is CCC1CNCc2ccc(Cl)cc2O1. The first kappa shape index (κ1) is 9.81. The Kier molecular flexibility index (Phi) is 2.94. The summed E-state index contributed by atoms with van der Waals surface area (Å²) in [6.07, 6.45) is 1.27. The van der Waals surface area contributed by atoms with Crippen LogP contribution in [0.3, 0.4) is 0 Å². The van der Waals surface area contributed by atoms with E-state index in [1.165, 1.54) is 5.56 Å². The van der Waals surface area contributed by atoms with Crippen LogP contribution in [0, 0.1) is 0 Å². The molecule has 0 saturated carbocycles. The summed E-state index contributed by atoms with van der Waals surface area (Å²) in [5.74, 6) is 0.925. The molecular formula is C11H14ClNO. The third-order valence-electron chi connectivity index (χ3n) is 2.47. The minimum absolute atomic E-state index is 0.259. The van der Waals surface area contributed by atoms with Gasteiger partial charge in [0, 0.05) is 23.7 Å². The van der Waals surface area contributed by atoms with Gasteiger partial charge in [0.15, 0.2) is 0 Å². The van der Waals surface area contributed by atoms with E-state index in [4.69, 9.17) is 16.3 Å². The van der Waals surface area contributed by atoms with Gasteiger partial charge in [-0.15, -0.1) is 0 Å². The lowest BCUT2D eigenvalue weighted by Crippen LogP contribution is -2.27. The molecule has 1 unspecified atom stereocenters. The molecule has 1 atom stereocenters. The van der Waals surface area contributed by atoms with Gasteiger partial charge in [-0.05, 0) is 18.6 Å². The number of ether oxygens (including phenoxy) is 1. The molecule has 1 heterocycles. The zero-order valence-corrected chi connectivity index (χ0v) is 8.97. The highest BCUT2D eigenvalue weighted by Gasteiger charge is 2.15. The van der Waals surface area contributed by atoms with E-state index in [0.717, 1.165) is 30.3 Å². The molecule has 2 rings (SSSR count). The highest BCUT2D eigenvalue weighted by Crippen LogP contribution is 2.26. The summed E-state index contributed by atoms with van der Waals surface area (Å²) < 4.78 is 5.84. The van der Waals surface area contributed by atoms with Crippen LogP contribution in [0.25, 0.3) is 0 Å². The summed E-state index contributed by atoms with van der Waals surface area (Å²) in [6, 6.07) is 5.81. The van der Waals surface area contributed by atoms with Gasteiger partial charge in [0.2, 0.25) is 0 Å². The van der Waals surface area contributed by atoms with Gasteiger partial charge in [0.25, 0.3) is 0 Å². The molecule has 14 heavy (non-hydrogen) atoms. The van der Waals surface area contributed by atoms with Crippen molar-refractivity contribution in [1.29, 1.82) is 0 Å². The predicted octanol–water partition coefficient (Wildman–Crippen LogP) is 2.60. The number of fused-ring (bicyclic) bond motifs is 1. The second-order valence-corrected chi connectivity index (χ2v) is 3.97. The first-order valence-electron chi connectivity index (χ1n) is 4.95. The van der Waals surface area contributed by atoms with E-state index < -0.39 is 0 Å². The lowest BCUT2D eigenvalue weighted by Gasteiger charge is -2.14. The van der Waals surface area contributed by atoms with Gasteiger partial charge in [0.05, 0.1) is 0 Å². The summed E-state index contributed by atoms with van der Waals surface area (Å²) in [4.78, 5) is 0.